The quantitative estimate of drug-likeness (QED) is 0.825. The SMILES string of the molecule is CNCc1cccc(SCc2cc(C)on2)c1. The lowest BCUT2D eigenvalue weighted by Gasteiger charge is -2.03. The van der Waals surface area contributed by atoms with Crippen molar-refractivity contribution in [3.63, 3.8) is 0 Å². The molecule has 0 aliphatic carbocycles. The Balaban J connectivity index is 1.96. The molecule has 1 aromatic carbocycles. The Kier molecular flexibility index (Phi) is 4.23. The average molecular weight is 248 g/mol. The van der Waals surface area contributed by atoms with E-state index in [1.807, 2.05) is 20.0 Å². The largest absolute Gasteiger partial charge is 0.361 e. The van der Waals surface area contributed by atoms with Crippen molar-refractivity contribution in [2.75, 3.05) is 7.05 Å². The monoisotopic (exact) mass is 248 g/mol. The van der Waals surface area contributed by atoms with E-state index in [2.05, 4.69) is 34.7 Å². The Morgan fingerprint density at radius 3 is 2.94 bits per heavy atom. The number of benzene rings is 1. The molecule has 1 aromatic heterocycles. The third-order valence-corrected chi connectivity index (χ3v) is 3.37. The molecule has 0 saturated heterocycles. The smallest absolute Gasteiger partial charge is 0.133 e. The summed E-state index contributed by atoms with van der Waals surface area (Å²) in [5, 5.41) is 7.13. The highest BCUT2D eigenvalue weighted by Crippen LogP contribution is 2.23. The van der Waals surface area contributed by atoms with Gasteiger partial charge in [0.2, 0.25) is 0 Å². The second-order valence-electron chi connectivity index (χ2n) is 3.90. The van der Waals surface area contributed by atoms with Crippen LogP contribution in [0.15, 0.2) is 39.8 Å². The van der Waals surface area contributed by atoms with Gasteiger partial charge in [-0.25, -0.2) is 0 Å². The van der Waals surface area contributed by atoms with Crippen LogP contribution in [0.5, 0.6) is 0 Å². The summed E-state index contributed by atoms with van der Waals surface area (Å²) in [5.41, 5.74) is 2.29. The molecule has 0 spiro atoms. The molecular weight excluding hydrogens is 232 g/mol. The first-order chi connectivity index (χ1) is 8.28. The number of nitrogens with one attached hydrogen (secondary N) is 1. The van der Waals surface area contributed by atoms with Gasteiger partial charge in [-0.3, -0.25) is 0 Å². The van der Waals surface area contributed by atoms with Crippen molar-refractivity contribution >= 4 is 11.8 Å². The van der Waals surface area contributed by atoms with Gasteiger partial charge in [-0.15, -0.1) is 11.8 Å². The van der Waals surface area contributed by atoms with Crippen LogP contribution in [0.2, 0.25) is 0 Å². The average Bonchev–Trinajstić information content (AvgIpc) is 2.74. The molecule has 0 amide bonds. The van der Waals surface area contributed by atoms with Gasteiger partial charge in [0.05, 0.1) is 5.69 Å². The van der Waals surface area contributed by atoms with Crippen LogP contribution in [0.1, 0.15) is 17.0 Å². The molecule has 3 nitrogen and oxygen atoms in total. The van der Waals surface area contributed by atoms with Crippen LogP contribution in [0.25, 0.3) is 0 Å². The lowest BCUT2D eigenvalue weighted by molar-refractivity contribution is 0.393. The lowest BCUT2D eigenvalue weighted by atomic mass is 10.2. The number of thioether (sulfide) groups is 1. The van der Waals surface area contributed by atoms with Crippen molar-refractivity contribution in [3.05, 3.63) is 47.3 Å². The zero-order chi connectivity index (χ0) is 12.1. The van der Waals surface area contributed by atoms with Crippen molar-refractivity contribution in [1.29, 1.82) is 0 Å². The number of rotatable bonds is 5. The summed E-state index contributed by atoms with van der Waals surface area (Å²) >= 11 is 1.78. The number of hydrogen-bond acceptors (Lipinski definition) is 4. The van der Waals surface area contributed by atoms with Crippen LogP contribution >= 0.6 is 11.8 Å². The summed E-state index contributed by atoms with van der Waals surface area (Å²) in [4.78, 5) is 1.26. The number of aryl methyl sites for hydroxylation is 1. The van der Waals surface area contributed by atoms with Crippen molar-refractivity contribution < 1.29 is 4.52 Å². The molecular formula is C13H16N2OS. The maximum Gasteiger partial charge on any atom is 0.133 e. The van der Waals surface area contributed by atoms with Crippen molar-refractivity contribution in [2.45, 2.75) is 24.1 Å². The van der Waals surface area contributed by atoms with Crippen molar-refractivity contribution in [3.8, 4) is 0 Å². The lowest BCUT2D eigenvalue weighted by Crippen LogP contribution is -2.04. The van der Waals surface area contributed by atoms with Crippen molar-refractivity contribution in [2.24, 2.45) is 0 Å². The van der Waals surface area contributed by atoms with Crippen LogP contribution in [0.4, 0.5) is 0 Å². The van der Waals surface area contributed by atoms with E-state index in [1.54, 1.807) is 11.8 Å². The van der Waals surface area contributed by atoms with Gasteiger partial charge >= 0.3 is 0 Å². The molecule has 17 heavy (non-hydrogen) atoms. The number of aromatic nitrogens is 1. The Bertz CT molecular complexity index is 482. The summed E-state index contributed by atoms with van der Waals surface area (Å²) < 4.78 is 5.04. The van der Waals surface area contributed by atoms with E-state index >= 15 is 0 Å². The Labute approximate surface area is 106 Å². The van der Waals surface area contributed by atoms with E-state index in [1.165, 1.54) is 10.5 Å². The molecule has 1 N–H and O–H groups in total. The molecule has 0 radical (unpaired) electrons. The Morgan fingerprint density at radius 2 is 2.24 bits per heavy atom. The summed E-state index contributed by atoms with van der Waals surface area (Å²) in [7, 11) is 1.96. The van der Waals surface area contributed by atoms with Crippen LogP contribution in [-0.4, -0.2) is 12.2 Å². The predicted molar refractivity (Wildman–Crippen MR) is 70.0 cm³/mol. The summed E-state index contributed by atoms with van der Waals surface area (Å²) in [6.45, 7) is 2.81. The second kappa shape index (κ2) is 5.89. The van der Waals surface area contributed by atoms with E-state index in [-0.39, 0.29) is 0 Å². The maximum atomic E-state index is 5.04. The Morgan fingerprint density at radius 1 is 1.35 bits per heavy atom. The Hall–Kier alpha value is -1.26. The van der Waals surface area contributed by atoms with E-state index in [0.717, 1.165) is 23.8 Å². The van der Waals surface area contributed by atoms with Gasteiger partial charge in [0, 0.05) is 23.3 Å². The highest BCUT2D eigenvalue weighted by Gasteiger charge is 2.02. The zero-order valence-electron chi connectivity index (χ0n) is 10.1. The topological polar surface area (TPSA) is 38.1 Å². The van der Waals surface area contributed by atoms with Crippen LogP contribution in [0, 0.1) is 6.92 Å². The second-order valence-corrected chi connectivity index (χ2v) is 4.94. The van der Waals surface area contributed by atoms with E-state index in [9.17, 15) is 0 Å². The fourth-order valence-corrected chi connectivity index (χ4v) is 2.45. The fraction of sp³-hybridized carbons (Fsp3) is 0.308. The molecule has 0 unspecified atom stereocenters. The fourth-order valence-electron chi connectivity index (χ4n) is 1.59. The molecule has 0 bridgehead atoms. The molecule has 90 valence electrons. The van der Waals surface area contributed by atoms with Gasteiger partial charge in [-0.2, -0.15) is 0 Å². The van der Waals surface area contributed by atoms with E-state index < -0.39 is 0 Å². The minimum atomic E-state index is 0.848. The molecule has 1 heterocycles. The minimum Gasteiger partial charge on any atom is -0.361 e. The first kappa shape index (κ1) is 12.2. The summed E-state index contributed by atoms with van der Waals surface area (Å²) in [5.74, 6) is 1.71. The van der Waals surface area contributed by atoms with Crippen LogP contribution in [0.3, 0.4) is 0 Å². The summed E-state index contributed by atoms with van der Waals surface area (Å²) in [6.07, 6.45) is 0. The molecule has 0 saturated carbocycles. The minimum absolute atomic E-state index is 0.848. The molecule has 0 aliphatic rings. The van der Waals surface area contributed by atoms with Gasteiger partial charge in [0.15, 0.2) is 0 Å². The van der Waals surface area contributed by atoms with Gasteiger partial charge in [0.1, 0.15) is 5.76 Å². The highest BCUT2D eigenvalue weighted by molar-refractivity contribution is 7.98. The van der Waals surface area contributed by atoms with E-state index in [4.69, 9.17) is 4.52 Å². The van der Waals surface area contributed by atoms with Gasteiger partial charge in [-0.1, -0.05) is 17.3 Å². The molecule has 0 aliphatic heterocycles. The zero-order valence-corrected chi connectivity index (χ0v) is 10.9. The van der Waals surface area contributed by atoms with Gasteiger partial charge in [0.25, 0.3) is 0 Å². The van der Waals surface area contributed by atoms with Crippen molar-refractivity contribution in [1.82, 2.24) is 10.5 Å². The molecule has 0 atom stereocenters. The first-order valence-corrected chi connectivity index (χ1v) is 6.55. The van der Waals surface area contributed by atoms with Gasteiger partial charge < -0.3 is 9.84 Å². The number of hydrogen-bond donors (Lipinski definition) is 1. The first-order valence-electron chi connectivity index (χ1n) is 5.56. The van der Waals surface area contributed by atoms with Crippen LogP contribution in [-0.2, 0) is 12.3 Å². The molecule has 4 heteroatoms. The standard InChI is InChI=1S/C13H16N2OS/c1-10-6-12(15-16-10)9-17-13-5-3-4-11(7-13)8-14-2/h3-7,14H,8-9H2,1-2H3. The molecule has 2 rings (SSSR count). The summed E-state index contributed by atoms with van der Waals surface area (Å²) in [6, 6.07) is 10.5. The van der Waals surface area contributed by atoms with E-state index in [0.29, 0.717) is 0 Å². The predicted octanol–water partition coefficient (Wildman–Crippen LogP) is 2.99. The maximum absolute atomic E-state index is 5.04. The molecule has 2 aromatic rings. The van der Waals surface area contributed by atoms with Crippen LogP contribution < -0.4 is 5.32 Å². The third kappa shape index (κ3) is 3.61. The number of nitrogens with zero attached hydrogens (tertiary/aromatic N) is 1. The molecule has 0 fully saturated rings. The normalized spacial score (nSPS) is 10.7. The highest BCUT2D eigenvalue weighted by atomic mass is 32.2. The third-order valence-electron chi connectivity index (χ3n) is 2.34. The van der Waals surface area contributed by atoms with Gasteiger partial charge in [-0.05, 0) is 31.7 Å².